The van der Waals surface area contributed by atoms with Crippen LogP contribution >= 0.6 is 0 Å². The number of benzene rings is 1. The first-order chi connectivity index (χ1) is 5.34. The summed E-state index contributed by atoms with van der Waals surface area (Å²) in [6, 6.07) is 7.27. The van der Waals surface area contributed by atoms with Crippen molar-refractivity contribution in [1.29, 1.82) is 0 Å². The van der Waals surface area contributed by atoms with Gasteiger partial charge in [-0.15, -0.1) is 0 Å². The molecule has 3 nitrogen and oxygen atoms in total. The minimum Gasteiger partial charge on any atom is -0.444 e. The van der Waals surface area contributed by atoms with E-state index in [9.17, 15) is 0 Å². The van der Waals surface area contributed by atoms with Gasteiger partial charge in [-0.25, -0.2) is 0 Å². The van der Waals surface area contributed by atoms with E-state index in [0.717, 1.165) is 0 Å². The molecule has 3 heteroatoms. The van der Waals surface area contributed by atoms with Crippen LogP contribution in [0, 0.1) is 0 Å². The minimum absolute atomic E-state index is 0.618. The lowest BCUT2D eigenvalue weighted by molar-refractivity contribution is 0.576. The summed E-state index contributed by atoms with van der Waals surface area (Å²) >= 11 is 0. The molecule has 0 radical (unpaired) electrons. The Morgan fingerprint density at radius 1 is 1.45 bits per heavy atom. The molecule has 0 spiro atoms. The Balaban J connectivity index is 2.77. The highest BCUT2D eigenvalue weighted by atomic mass is 16.5. The second-order valence-electron chi connectivity index (χ2n) is 2.02. The second kappa shape index (κ2) is 3.61. The van der Waals surface area contributed by atoms with E-state index < -0.39 is 0 Å². The number of para-hydroxylation sites is 2. The van der Waals surface area contributed by atoms with Crippen LogP contribution < -0.4 is 10.5 Å². The van der Waals surface area contributed by atoms with Crippen molar-refractivity contribution in [2.45, 2.75) is 0 Å². The Bertz CT molecular complexity index is 258. The van der Waals surface area contributed by atoms with E-state index in [2.05, 4.69) is 4.99 Å². The van der Waals surface area contributed by atoms with Crippen LogP contribution in [-0.2, 0) is 0 Å². The predicted molar refractivity (Wildman–Crippen MR) is 45.9 cm³/mol. The number of hydrogen-bond acceptors (Lipinski definition) is 3. The first kappa shape index (κ1) is 7.60. The van der Waals surface area contributed by atoms with E-state index in [4.69, 9.17) is 10.5 Å². The van der Waals surface area contributed by atoms with Crippen LogP contribution in [0.1, 0.15) is 0 Å². The molecule has 1 aromatic rings. The molecule has 0 heterocycles. The van der Waals surface area contributed by atoms with Crippen LogP contribution in [0.5, 0.6) is 5.75 Å². The van der Waals surface area contributed by atoms with Crippen molar-refractivity contribution in [2.75, 3.05) is 12.8 Å². The third-order valence-electron chi connectivity index (χ3n) is 1.20. The van der Waals surface area contributed by atoms with Crippen LogP contribution in [0.25, 0.3) is 0 Å². The molecule has 0 aliphatic rings. The summed E-state index contributed by atoms with van der Waals surface area (Å²) in [5, 5.41) is 0. The van der Waals surface area contributed by atoms with E-state index >= 15 is 0 Å². The molecule has 2 N–H and O–H groups in total. The van der Waals surface area contributed by atoms with Crippen molar-refractivity contribution in [3.8, 4) is 5.75 Å². The molecular weight excluding hydrogens is 140 g/mol. The van der Waals surface area contributed by atoms with Crippen LogP contribution in [-0.4, -0.2) is 13.4 Å². The third-order valence-corrected chi connectivity index (χ3v) is 1.20. The maximum Gasteiger partial charge on any atom is 0.176 e. The lowest BCUT2D eigenvalue weighted by Crippen LogP contribution is -1.94. The van der Waals surface area contributed by atoms with Gasteiger partial charge < -0.3 is 10.5 Å². The maximum absolute atomic E-state index is 5.57. The fourth-order valence-corrected chi connectivity index (χ4v) is 0.697. The highest BCUT2D eigenvalue weighted by Gasteiger charge is 1.94. The first-order valence-electron chi connectivity index (χ1n) is 3.26. The molecule has 0 bridgehead atoms. The van der Waals surface area contributed by atoms with Gasteiger partial charge in [0.25, 0.3) is 0 Å². The van der Waals surface area contributed by atoms with Gasteiger partial charge in [0, 0.05) is 7.05 Å². The van der Waals surface area contributed by atoms with Crippen molar-refractivity contribution in [1.82, 2.24) is 0 Å². The molecule has 0 fully saturated rings. The summed E-state index contributed by atoms with van der Waals surface area (Å²) in [7, 11) is 1.64. The zero-order valence-electron chi connectivity index (χ0n) is 6.32. The molecule has 0 aliphatic carbocycles. The predicted octanol–water partition coefficient (Wildman–Crippen LogP) is 1.31. The van der Waals surface area contributed by atoms with Gasteiger partial charge in [-0.3, -0.25) is 4.99 Å². The van der Waals surface area contributed by atoms with Crippen molar-refractivity contribution in [2.24, 2.45) is 4.99 Å². The van der Waals surface area contributed by atoms with Gasteiger partial charge in [0.1, 0.15) is 0 Å². The lowest BCUT2D eigenvalue weighted by Gasteiger charge is -2.00. The fourth-order valence-electron chi connectivity index (χ4n) is 0.697. The number of nitrogen functional groups attached to an aromatic ring is 1. The van der Waals surface area contributed by atoms with E-state index in [0.29, 0.717) is 11.4 Å². The molecule has 11 heavy (non-hydrogen) atoms. The van der Waals surface area contributed by atoms with Crippen LogP contribution in [0.15, 0.2) is 29.3 Å². The molecular formula is C8H10N2O. The van der Waals surface area contributed by atoms with Crippen molar-refractivity contribution < 1.29 is 4.74 Å². The molecule has 0 aliphatic heterocycles. The summed E-state index contributed by atoms with van der Waals surface area (Å²) in [5.74, 6) is 0.637. The average molecular weight is 150 g/mol. The number of anilines is 1. The zero-order chi connectivity index (χ0) is 8.10. The van der Waals surface area contributed by atoms with Gasteiger partial charge in [-0.05, 0) is 12.1 Å². The highest BCUT2D eigenvalue weighted by molar-refractivity contribution is 5.60. The van der Waals surface area contributed by atoms with Crippen molar-refractivity contribution in [3.05, 3.63) is 24.3 Å². The van der Waals surface area contributed by atoms with Crippen molar-refractivity contribution >= 4 is 12.1 Å². The van der Waals surface area contributed by atoms with Gasteiger partial charge in [0.15, 0.2) is 12.2 Å². The van der Waals surface area contributed by atoms with Gasteiger partial charge in [-0.2, -0.15) is 0 Å². The van der Waals surface area contributed by atoms with Crippen LogP contribution in [0.4, 0.5) is 5.69 Å². The Morgan fingerprint density at radius 3 is 2.82 bits per heavy atom. The highest BCUT2D eigenvalue weighted by Crippen LogP contribution is 2.18. The first-order valence-corrected chi connectivity index (χ1v) is 3.26. The number of hydrogen-bond donors (Lipinski definition) is 1. The topological polar surface area (TPSA) is 47.6 Å². The standard InChI is InChI=1S/C8H10N2O/c1-10-6-11-8-5-3-2-4-7(8)9/h2-6H,9H2,1H3/b10-6-. The Hall–Kier alpha value is -1.51. The number of aliphatic imine (C=N–C) groups is 1. The van der Waals surface area contributed by atoms with E-state index in [1.807, 2.05) is 12.1 Å². The van der Waals surface area contributed by atoms with E-state index in [1.54, 1.807) is 19.2 Å². The minimum atomic E-state index is 0.618. The third kappa shape index (κ3) is 1.97. The summed E-state index contributed by atoms with van der Waals surface area (Å²) in [6.45, 7) is 0. The lowest BCUT2D eigenvalue weighted by atomic mass is 10.3. The second-order valence-corrected chi connectivity index (χ2v) is 2.02. The molecule has 0 atom stereocenters. The SMILES string of the molecule is C/N=C\Oc1ccccc1N. The largest absolute Gasteiger partial charge is 0.444 e. The monoisotopic (exact) mass is 150 g/mol. The summed E-state index contributed by atoms with van der Waals surface area (Å²) in [5.41, 5.74) is 6.19. The summed E-state index contributed by atoms with van der Waals surface area (Å²) in [6.07, 6.45) is 1.35. The number of nitrogens with two attached hydrogens (primary N) is 1. The van der Waals surface area contributed by atoms with E-state index in [-0.39, 0.29) is 0 Å². The van der Waals surface area contributed by atoms with E-state index in [1.165, 1.54) is 6.40 Å². The molecule has 1 aromatic carbocycles. The fraction of sp³-hybridized carbons (Fsp3) is 0.125. The normalized spacial score (nSPS) is 10.3. The number of rotatable bonds is 2. The van der Waals surface area contributed by atoms with Gasteiger partial charge in [-0.1, -0.05) is 12.1 Å². The maximum atomic E-state index is 5.57. The Kier molecular flexibility index (Phi) is 2.49. The number of nitrogens with zero attached hydrogens (tertiary/aromatic N) is 1. The summed E-state index contributed by atoms with van der Waals surface area (Å²) in [4.78, 5) is 3.67. The number of ether oxygens (including phenoxy) is 1. The average Bonchev–Trinajstić information content (AvgIpc) is 2.03. The summed E-state index contributed by atoms with van der Waals surface area (Å²) < 4.78 is 5.07. The zero-order valence-corrected chi connectivity index (χ0v) is 6.32. The molecule has 0 amide bonds. The van der Waals surface area contributed by atoms with Gasteiger partial charge in [0.05, 0.1) is 5.69 Å². The van der Waals surface area contributed by atoms with Crippen molar-refractivity contribution in [3.63, 3.8) is 0 Å². The Morgan fingerprint density at radius 2 is 2.18 bits per heavy atom. The van der Waals surface area contributed by atoms with Gasteiger partial charge >= 0.3 is 0 Å². The van der Waals surface area contributed by atoms with Crippen LogP contribution in [0.2, 0.25) is 0 Å². The smallest absolute Gasteiger partial charge is 0.176 e. The molecule has 58 valence electrons. The molecule has 0 saturated carbocycles. The molecule has 1 rings (SSSR count). The molecule has 0 aromatic heterocycles. The quantitative estimate of drug-likeness (QED) is 0.392. The van der Waals surface area contributed by atoms with Crippen LogP contribution in [0.3, 0.4) is 0 Å². The molecule has 0 unspecified atom stereocenters. The Labute approximate surface area is 65.5 Å². The molecule has 0 saturated heterocycles. The van der Waals surface area contributed by atoms with Gasteiger partial charge in [0.2, 0.25) is 0 Å².